The molecule has 19 heavy (non-hydrogen) atoms. The van der Waals surface area contributed by atoms with E-state index in [1.807, 2.05) is 34.9 Å². The van der Waals surface area contributed by atoms with Crippen LogP contribution in [0.25, 0.3) is 0 Å². The number of hydrogen-bond donors (Lipinski definition) is 1. The van der Waals surface area contributed by atoms with E-state index in [0.717, 1.165) is 17.9 Å². The highest BCUT2D eigenvalue weighted by atomic mass is 16.2. The Morgan fingerprint density at radius 2 is 2.05 bits per heavy atom. The maximum Gasteiger partial charge on any atom is 0.244 e. The fraction of sp³-hybridized carbons (Fsp3) is 0.308. The summed E-state index contributed by atoms with van der Waals surface area (Å²) >= 11 is 0. The molecule has 0 radical (unpaired) electrons. The van der Waals surface area contributed by atoms with Crippen LogP contribution in [0.4, 0.5) is 0 Å². The molecule has 1 aliphatic heterocycles. The van der Waals surface area contributed by atoms with Crippen molar-refractivity contribution in [2.45, 2.75) is 19.1 Å². The Labute approximate surface area is 110 Å². The molecule has 3 rings (SSSR count). The molecule has 0 saturated carbocycles. The molecule has 0 unspecified atom stereocenters. The van der Waals surface area contributed by atoms with E-state index < -0.39 is 6.04 Å². The minimum atomic E-state index is -0.615. The van der Waals surface area contributed by atoms with E-state index in [0.29, 0.717) is 13.1 Å². The average Bonchev–Trinajstić information content (AvgIpc) is 2.94. The molecule has 0 fully saturated rings. The number of carbonyl (C=O) groups excluding carboxylic acids is 1. The van der Waals surface area contributed by atoms with Gasteiger partial charge in [-0.05, 0) is 5.56 Å². The second kappa shape index (κ2) is 4.81. The summed E-state index contributed by atoms with van der Waals surface area (Å²) in [7, 11) is 0. The quantitative estimate of drug-likeness (QED) is 0.840. The van der Waals surface area contributed by atoms with Crippen LogP contribution in [-0.2, 0) is 17.9 Å². The highest BCUT2D eigenvalue weighted by molar-refractivity contribution is 5.83. The molecule has 6 heteroatoms. The van der Waals surface area contributed by atoms with Gasteiger partial charge >= 0.3 is 0 Å². The van der Waals surface area contributed by atoms with Crippen molar-refractivity contribution in [3.63, 3.8) is 0 Å². The zero-order valence-electron chi connectivity index (χ0n) is 10.4. The minimum absolute atomic E-state index is 0.0690. The van der Waals surface area contributed by atoms with Crippen LogP contribution in [0.3, 0.4) is 0 Å². The zero-order valence-corrected chi connectivity index (χ0v) is 10.4. The van der Waals surface area contributed by atoms with Crippen LogP contribution >= 0.6 is 0 Å². The number of nitrogens with zero attached hydrogens (tertiary/aromatic N) is 4. The smallest absolute Gasteiger partial charge is 0.244 e. The summed E-state index contributed by atoms with van der Waals surface area (Å²) < 4.78 is 1.96. The van der Waals surface area contributed by atoms with Gasteiger partial charge in [-0.25, -0.2) is 0 Å². The molecule has 1 aliphatic rings. The zero-order chi connectivity index (χ0) is 13.2. The first kappa shape index (κ1) is 11.9. The van der Waals surface area contributed by atoms with Gasteiger partial charge in [0.1, 0.15) is 12.4 Å². The lowest BCUT2D eigenvalue weighted by Crippen LogP contribution is -2.43. The van der Waals surface area contributed by atoms with Gasteiger partial charge < -0.3 is 15.2 Å². The molecule has 0 saturated heterocycles. The van der Waals surface area contributed by atoms with Gasteiger partial charge in [0.25, 0.3) is 0 Å². The van der Waals surface area contributed by atoms with Crippen LogP contribution in [0.5, 0.6) is 0 Å². The molecule has 1 aromatic heterocycles. The van der Waals surface area contributed by atoms with Gasteiger partial charge in [0.05, 0.1) is 6.54 Å². The van der Waals surface area contributed by atoms with Crippen LogP contribution in [0.15, 0.2) is 36.7 Å². The van der Waals surface area contributed by atoms with Crippen molar-refractivity contribution in [2.24, 2.45) is 5.73 Å². The maximum atomic E-state index is 12.4. The van der Waals surface area contributed by atoms with Crippen molar-refractivity contribution in [2.75, 3.05) is 6.54 Å². The van der Waals surface area contributed by atoms with Crippen LogP contribution in [0.1, 0.15) is 17.4 Å². The van der Waals surface area contributed by atoms with Gasteiger partial charge in [-0.3, -0.25) is 4.79 Å². The molecule has 0 aliphatic carbocycles. The molecule has 6 nitrogen and oxygen atoms in total. The van der Waals surface area contributed by atoms with E-state index >= 15 is 0 Å². The third-order valence-corrected chi connectivity index (χ3v) is 3.38. The third-order valence-electron chi connectivity index (χ3n) is 3.38. The summed E-state index contributed by atoms with van der Waals surface area (Å²) in [6.07, 6.45) is 1.69. The van der Waals surface area contributed by atoms with Crippen molar-refractivity contribution < 1.29 is 4.79 Å². The number of rotatable bonds is 2. The molecule has 1 amide bonds. The highest BCUT2D eigenvalue weighted by Gasteiger charge is 2.26. The summed E-state index contributed by atoms with van der Waals surface area (Å²) in [5, 5.41) is 7.84. The summed E-state index contributed by atoms with van der Waals surface area (Å²) in [6, 6.07) is 8.80. The van der Waals surface area contributed by atoms with Gasteiger partial charge in [0.2, 0.25) is 5.91 Å². The van der Waals surface area contributed by atoms with Gasteiger partial charge in [-0.2, -0.15) is 0 Å². The Balaban J connectivity index is 1.75. The minimum Gasteiger partial charge on any atom is -0.332 e. The molecule has 2 N–H and O–H groups in total. The largest absolute Gasteiger partial charge is 0.332 e. The number of aromatic nitrogens is 3. The van der Waals surface area contributed by atoms with Crippen LogP contribution in [0.2, 0.25) is 0 Å². The SMILES string of the molecule is N[C@@H](C(=O)N1CCn2cnnc2C1)c1ccccc1. The standard InChI is InChI=1S/C13H15N5O/c14-12(10-4-2-1-3-5-10)13(19)17-6-7-18-9-15-16-11(18)8-17/h1-5,9,12H,6-8,14H2/t12-/m1/s1. The first-order valence-electron chi connectivity index (χ1n) is 6.21. The van der Waals surface area contributed by atoms with Crippen molar-refractivity contribution in [3.8, 4) is 0 Å². The molecular weight excluding hydrogens is 242 g/mol. The molecule has 0 bridgehead atoms. The fourth-order valence-corrected chi connectivity index (χ4v) is 2.25. The molecule has 0 spiro atoms. The van der Waals surface area contributed by atoms with E-state index in [-0.39, 0.29) is 5.91 Å². The van der Waals surface area contributed by atoms with Gasteiger partial charge in [0.15, 0.2) is 5.82 Å². The van der Waals surface area contributed by atoms with Crippen molar-refractivity contribution in [1.82, 2.24) is 19.7 Å². The molecule has 2 aromatic rings. The Hall–Kier alpha value is -2.21. The second-order valence-electron chi connectivity index (χ2n) is 4.59. The van der Waals surface area contributed by atoms with Gasteiger partial charge in [-0.15, -0.1) is 10.2 Å². The topological polar surface area (TPSA) is 77.0 Å². The summed E-state index contributed by atoms with van der Waals surface area (Å²) in [5.74, 6) is 0.736. The van der Waals surface area contributed by atoms with E-state index in [2.05, 4.69) is 10.2 Å². The Morgan fingerprint density at radius 3 is 2.84 bits per heavy atom. The van der Waals surface area contributed by atoms with E-state index in [1.54, 1.807) is 11.2 Å². The number of nitrogens with two attached hydrogens (primary N) is 1. The average molecular weight is 257 g/mol. The molecule has 1 aromatic carbocycles. The normalized spacial score (nSPS) is 15.9. The van der Waals surface area contributed by atoms with Crippen LogP contribution in [0, 0.1) is 0 Å². The monoisotopic (exact) mass is 257 g/mol. The Bertz CT molecular complexity index is 580. The summed E-state index contributed by atoms with van der Waals surface area (Å²) in [4.78, 5) is 14.1. The van der Waals surface area contributed by atoms with Crippen LogP contribution < -0.4 is 5.73 Å². The van der Waals surface area contributed by atoms with Crippen LogP contribution in [-0.4, -0.2) is 32.1 Å². The highest BCUT2D eigenvalue weighted by Crippen LogP contribution is 2.16. The predicted molar refractivity (Wildman–Crippen MR) is 68.8 cm³/mol. The predicted octanol–water partition coefficient (Wildman–Crippen LogP) is 0.320. The van der Waals surface area contributed by atoms with E-state index in [9.17, 15) is 4.79 Å². The first-order valence-corrected chi connectivity index (χ1v) is 6.21. The molecule has 98 valence electrons. The second-order valence-corrected chi connectivity index (χ2v) is 4.59. The number of carbonyl (C=O) groups is 1. The number of amides is 1. The number of benzene rings is 1. The van der Waals surface area contributed by atoms with E-state index in [1.165, 1.54) is 0 Å². The maximum absolute atomic E-state index is 12.4. The van der Waals surface area contributed by atoms with Crippen molar-refractivity contribution in [1.29, 1.82) is 0 Å². The van der Waals surface area contributed by atoms with E-state index in [4.69, 9.17) is 5.73 Å². The third kappa shape index (κ3) is 2.22. The van der Waals surface area contributed by atoms with Crippen molar-refractivity contribution >= 4 is 5.91 Å². The Kier molecular flexibility index (Phi) is 3.00. The fourth-order valence-electron chi connectivity index (χ4n) is 2.25. The molecule has 1 atom stereocenters. The lowest BCUT2D eigenvalue weighted by molar-refractivity contribution is -0.134. The summed E-state index contributed by atoms with van der Waals surface area (Å²) in [6.45, 7) is 1.83. The first-order chi connectivity index (χ1) is 9.25. The molecular formula is C13H15N5O. The lowest BCUT2D eigenvalue weighted by Gasteiger charge is -2.29. The number of hydrogen-bond acceptors (Lipinski definition) is 4. The summed E-state index contributed by atoms with van der Waals surface area (Å²) in [5.41, 5.74) is 6.86. The molecule has 2 heterocycles. The lowest BCUT2D eigenvalue weighted by atomic mass is 10.1. The number of fused-ring (bicyclic) bond motifs is 1. The van der Waals surface area contributed by atoms with Crippen molar-refractivity contribution in [3.05, 3.63) is 48.0 Å². The Morgan fingerprint density at radius 1 is 1.26 bits per heavy atom. The van der Waals surface area contributed by atoms with Gasteiger partial charge in [-0.1, -0.05) is 30.3 Å². The van der Waals surface area contributed by atoms with Gasteiger partial charge in [0, 0.05) is 13.1 Å².